The van der Waals surface area contributed by atoms with Crippen LogP contribution in [0.15, 0.2) is 65.1 Å². The molecule has 0 saturated heterocycles. The van der Waals surface area contributed by atoms with Gasteiger partial charge in [0.15, 0.2) is 6.17 Å². The van der Waals surface area contributed by atoms with Gasteiger partial charge in [0.25, 0.3) is 5.91 Å². The molecule has 34 heavy (non-hydrogen) atoms. The molecule has 0 radical (unpaired) electrons. The van der Waals surface area contributed by atoms with Crippen LogP contribution in [0.2, 0.25) is 10.0 Å². The maximum absolute atomic E-state index is 13.1. The number of hydrogen-bond donors (Lipinski definition) is 2. The molecule has 0 saturated carbocycles. The van der Waals surface area contributed by atoms with Crippen molar-refractivity contribution in [3.8, 4) is 11.3 Å². The molecule has 8 heteroatoms. The quantitative estimate of drug-likeness (QED) is 0.320. The minimum atomic E-state index is -0.452. The summed E-state index contributed by atoms with van der Waals surface area (Å²) in [4.78, 5) is 16.8. The molecule has 4 heterocycles. The Balaban J connectivity index is 1.23. The maximum Gasteiger partial charge on any atom is 0.256 e. The Morgan fingerprint density at radius 1 is 1.03 bits per heavy atom. The summed E-state index contributed by atoms with van der Waals surface area (Å²) in [7, 11) is 0. The fourth-order valence-corrected chi connectivity index (χ4v) is 6.34. The van der Waals surface area contributed by atoms with Gasteiger partial charge in [0.1, 0.15) is 16.5 Å². The minimum absolute atomic E-state index is 0.0634. The standard InChI is InChI=1S/C26H21Cl2N3O2S/c27-18-8-4-7-16(23(18)28)19-9-10-20(33-19)24-29-25(32)22-17-11-12-31(13-15-5-2-1-3-6-15)14-21(17)34-26(22)30-24/h1-10,24,30H,11-14H2,(H,29,32). The lowest BCUT2D eigenvalue weighted by Crippen LogP contribution is -2.38. The SMILES string of the molecule is O=C1NC(c2ccc(-c3cccc(Cl)c3Cl)o2)Nc2sc3c(c21)CCN(Cc1ccccc1)C3. The van der Waals surface area contributed by atoms with Crippen molar-refractivity contribution in [3.63, 3.8) is 0 Å². The van der Waals surface area contributed by atoms with Crippen LogP contribution in [0, 0.1) is 0 Å². The van der Waals surface area contributed by atoms with Crippen LogP contribution in [0.1, 0.15) is 38.3 Å². The summed E-state index contributed by atoms with van der Waals surface area (Å²) in [5.74, 6) is 1.15. The van der Waals surface area contributed by atoms with E-state index in [0.717, 1.165) is 36.6 Å². The highest BCUT2D eigenvalue weighted by Crippen LogP contribution is 2.42. The van der Waals surface area contributed by atoms with Crippen molar-refractivity contribution in [1.82, 2.24) is 10.2 Å². The number of hydrogen-bond acceptors (Lipinski definition) is 5. The van der Waals surface area contributed by atoms with Crippen molar-refractivity contribution < 1.29 is 9.21 Å². The summed E-state index contributed by atoms with van der Waals surface area (Å²) in [6.07, 6.45) is 0.415. The van der Waals surface area contributed by atoms with E-state index in [4.69, 9.17) is 27.6 Å². The second-order valence-electron chi connectivity index (χ2n) is 8.51. The fourth-order valence-electron chi connectivity index (χ4n) is 4.63. The van der Waals surface area contributed by atoms with Crippen molar-refractivity contribution in [1.29, 1.82) is 0 Å². The monoisotopic (exact) mass is 509 g/mol. The van der Waals surface area contributed by atoms with Gasteiger partial charge in [-0.15, -0.1) is 11.3 Å². The molecule has 5 nitrogen and oxygen atoms in total. The van der Waals surface area contributed by atoms with Gasteiger partial charge in [-0.1, -0.05) is 59.6 Å². The predicted octanol–water partition coefficient (Wildman–Crippen LogP) is 6.73. The lowest BCUT2D eigenvalue weighted by atomic mass is 10.0. The fraction of sp³-hybridized carbons (Fsp3) is 0.192. The van der Waals surface area contributed by atoms with E-state index in [1.807, 2.05) is 30.3 Å². The highest BCUT2D eigenvalue weighted by molar-refractivity contribution is 7.16. The van der Waals surface area contributed by atoms with Crippen LogP contribution in [-0.2, 0) is 19.5 Å². The Morgan fingerprint density at radius 2 is 1.88 bits per heavy atom. The molecule has 2 aliphatic rings. The van der Waals surface area contributed by atoms with E-state index < -0.39 is 6.17 Å². The molecule has 0 fully saturated rings. The lowest BCUT2D eigenvalue weighted by molar-refractivity contribution is 0.0930. The number of carbonyl (C=O) groups is 1. The van der Waals surface area contributed by atoms with E-state index in [1.165, 1.54) is 16.0 Å². The third-order valence-electron chi connectivity index (χ3n) is 6.29. The maximum atomic E-state index is 13.1. The summed E-state index contributed by atoms with van der Waals surface area (Å²) in [5, 5.41) is 8.34. The summed E-state index contributed by atoms with van der Waals surface area (Å²) in [6, 6.07) is 19.6. The topological polar surface area (TPSA) is 57.5 Å². The van der Waals surface area contributed by atoms with E-state index in [0.29, 0.717) is 27.1 Å². The summed E-state index contributed by atoms with van der Waals surface area (Å²) >= 11 is 14.2. The second kappa shape index (κ2) is 8.78. The number of thiophene rings is 1. The number of amides is 1. The number of nitrogens with zero attached hydrogens (tertiary/aromatic N) is 1. The first kappa shape index (κ1) is 21.7. The molecule has 2 aromatic carbocycles. The number of furan rings is 1. The number of rotatable bonds is 4. The van der Waals surface area contributed by atoms with Crippen molar-refractivity contribution in [3.05, 3.63) is 98.0 Å². The Hall–Kier alpha value is -2.77. The van der Waals surface area contributed by atoms with Crippen LogP contribution in [0.5, 0.6) is 0 Å². The number of benzene rings is 2. The molecule has 4 aromatic rings. The molecule has 0 aliphatic carbocycles. The number of fused-ring (bicyclic) bond motifs is 3. The van der Waals surface area contributed by atoms with E-state index in [2.05, 4.69) is 39.8 Å². The molecule has 1 atom stereocenters. The molecule has 0 spiro atoms. The van der Waals surface area contributed by atoms with Gasteiger partial charge in [-0.2, -0.15) is 0 Å². The summed E-state index contributed by atoms with van der Waals surface area (Å²) < 4.78 is 6.07. The van der Waals surface area contributed by atoms with E-state index in [1.54, 1.807) is 17.4 Å². The number of nitrogens with one attached hydrogen (secondary N) is 2. The minimum Gasteiger partial charge on any atom is -0.457 e. The van der Waals surface area contributed by atoms with E-state index >= 15 is 0 Å². The van der Waals surface area contributed by atoms with Gasteiger partial charge in [-0.3, -0.25) is 9.69 Å². The van der Waals surface area contributed by atoms with Gasteiger partial charge in [-0.25, -0.2) is 0 Å². The van der Waals surface area contributed by atoms with Crippen molar-refractivity contribution >= 4 is 45.4 Å². The van der Waals surface area contributed by atoms with Crippen molar-refractivity contribution in [2.24, 2.45) is 0 Å². The molecule has 172 valence electrons. The van der Waals surface area contributed by atoms with Crippen LogP contribution in [0.25, 0.3) is 11.3 Å². The smallest absolute Gasteiger partial charge is 0.256 e. The Labute approximate surface area is 211 Å². The van der Waals surface area contributed by atoms with Crippen LogP contribution >= 0.6 is 34.5 Å². The Bertz CT molecular complexity index is 1380. The molecular formula is C26H21Cl2N3O2S. The van der Waals surface area contributed by atoms with E-state index in [9.17, 15) is 4.79 Å². The summed E-state index contributed by atoms with van der Waals surface area (Å²) in [5.41, 5.74) is 3.96. The van der Waals surface area contributed by atoms with Gasteiger partial charge >= 0.3 is 0 Å². The highest BCUT2D eigenvalue weighted by Gasteiger charge is 2.34. The molecule has 2 aliphatic heterocycles. The van der Waals surface area contributed by atoms with Gasteiger partial charge in [-0.05, 0) is 41.8 Å². The van der Waals surface area contributed by atoms with Crippen LogP contribution in [0.4, 0.5) is 5.00 Å². The summed E-state index contributed by atoms with van der Waals surface area (Å²) in [6.45, 7) is 2.69. The third kappa shape index (κ3) is 3.91. The van der Waals surface area contributed by atoms with Gasteiger partial charge < -0.3 is 15.1 Å². The molecule has 2 aromatic heterocycles. The molecule has 6 rings (SSSR count). The molecule has 2 N–H and O–H groups in total. The Morgan fingerprint density at radius 3 is 2.74 bits per heavy atom. The third-order valence-corrected chi connectivity index (χ3v) is 8.26. The van der Waals surface area contributed by atoms with E-state index in [-0.39, 0.29) is 5.91 Å². The average Bonchev–Trinajstić information content (AvgIpc) is 3.46. The van der Waals surface area contributed by atoms with Crippen LogP contribution in [0.3, 0.4) is 0 Å². The molecular weight excluding hydrogens is 489 g/mol. The largest absolute Gasteiger partial charge is 0.457 e. The normalized spacial score (nSPS) is 17.6. The van der Waals surface area contributed by atoms with Gasteiger partial charge in [0, 0.05) is 30.1 Å². The first-order valence-electron chi connectivity index (χ1n) is 11.1. The van der Waals surface area contributed by atoms with Crippen molar-refractivity contribution in [2.75, 3.05) is 11.9 Å². The molecule has 1 amide bonds. The first-order chi connectivity index (χ1) is 16.6. The number of anilines is 1. The second-order valence-corrected chi connectivity index (χ2v) is 10.4. The lowest BCUT2D eigenvalue weighted by Gasteiger charge is -2.28. The van der Waals surface area contributed by atoms with Gasteiger partial charge in [0.05, 0.1) is 15.6 Å². The van der Waals surface area contributed by atoms with Gasteiger partial charge in [0.2, 0.25) is 0 Å². The zero-order valence-corrected chi connectivity index (χ0v) is 20.4. The highest BCUT2D eigenvalue weighted by atomic mass is 35.5. The molecule has 0 bridgehead atoms. The number of carbonyl (C=O) groups excluding carboxylic acids is 1. The molecule has 1 unspecified atom stereocenters. The Kier molecular flexibility index (Phi) is 5.62. The zero-order valence-electron chi connectivity index (χ0n) is 18.1. The number of halogens is 2. The average molecular weight is 510 g/mol. The predicted molar refractivity (Wildman–Crippen MR) is 137 cm³/mol. The van der Waals surface area contributed by atoms with Crippen molar-refractivity contribution in [2.45, 2.75) is 25.7 Å². The van der Waals surface area contributed by atoms with Crippen LogP contribution in [-0.4, -0.2) is 17.4 Å². The first-order valence-corrected chi connectivity index (χ1v) is 12.7. The van der Waals surface area contributed by atoms with Crippen LogP contribution < -0.4 is 10.6 Å². The zero-order chi connectivity index (χ0) is 23.2.